The number of rotatable bonds is 6. The van der Waals surface area contributed by atoms with Crippen LogP contribution in [0.1, 0.15) is 13.3 Å². The fourth-order valence-corrected chi connectivity index (χ4v) is 1.59. The second kappa shape index (κ2) is 8.18. The minimum atomic E-state index is -0.265. The van der Waals surface area contributed by atoms with Crippen LogP contribution >= 0.6 is 11.8 Å². The highest BCUT2D eigenvalue weighted by Crippen LogP contribution is 2.13. The van der Waals surface area contributed by atoms with Crippen LogP contribution in [0.25, 0.3) is 0 Å². The van der Waals surface area contributed by atoms with Crippen LogP contribution in [0.5, 0.6) is 0 Å². The van der Waals surface area contributed by atoms with Crippen LogP contribution < -0.4 is 5.32 Å². The molecule has 0 saturated carbocycles. The predicted molar refractivity (Wildman–Crippen MR) is 60.4 cm³/mol. The van der Waals surface area contributed by atoms with E-state index in [2.05, 4.69) is 16.0 Å². The Morgan fingerprint density at radius 2 is 2.27 bits per heavy atom. The van der Waals surface area contributed by atoms with E-state index in [1.807, 2.05) is 6.92 Å². The summed E-state index contributed by atoms with van der Waals surface area (Å²) >= 11 is 1.40. The number of carbonyl (C=O) groups excluding carboxylic acids is 2. The van der Waals surface area contributed by atoms with Crippen molar-refractivity contribution in [1.29, 1.82) is 0 Å². The van der Waals surface area contributed by atoms with E-state index in [1.54, 1.807) is 0 Å². The van der Waals surface area contributed by atoms with Crippen molar-refractivity contribution in [2.24, 2.45) is 0 Å². The van der Waals surface area contributed by atoms with Crippen molar-refractivity contribution in [1.82, 2.24) is 5.32 Å². The smallest absolute Gasteiger partial charge is 0.306 e. The lowest BCUT2D eigenvalue weighted by Crippen LogP contribution is -2.26. The van der Waals surface area contributed by atoms with Crippen molar-refractivity contribution in [3.63, 3.8) is 0 Å². The van der Waals surface area contributed by atoms with Gasteiger partial charge in [-0.15, -0.1) is 18.2 Å². The van der Waals surface area contributed by atoms with Crippen LogP contribution in [0.15, 0.2) is 0 Å². The van der Waals surface area contributed by atoms with Gasteiger partial charge in [0.15, 0.2) is 0 Å². The summed E-state index contributed by atoms with van der Waals surface area (Å²) in [6, 6.07) is 0. The summed E-state index contributed by atoms with van der Waals surface area (Å²) in [4.78, 5) is 22.0. The molecule has 0 saturated heterocycles. The predicted octanol–water partition coefficient (Wildman–Crippen LogP) is 0.421. The molecule has 15 heavy (non-hydrogen) atoms. The number of terminal acetylenes is 1. The molecule has 0 bridgehead atoms. The van der Waals surface area contributed by atoms with Crippen molar-refractivity contribution in [2.75, 3.05) is 19.4 Å². The molecular weight excluding hydrogens is 214 g/mol. The summed E-state index contributed by atoms with van der Waals surface area (Å²) in [5.41, 5.74) is 0. The molecule has 0 aromatic rings. The first kappa shape index (κ1) is 13.8. The van der Waals surface area contributed by atoms with Gasteiger partial charge in [0, 0.05) is 5.25 Å². The van der Waals surface area contributed by atoms with E-state index >= 15 is 0 Å². The highest BCUT2D eigenvalue weighted by molar-refractivity contribution is 8.00. The minimum absolute atomic E-state index is 0.0639. The number of nitrogens with one attached hydrogen (secondary N) is 1. The molecule has 0 aromatic heterocycles. The molecule has 0 radical (unpaired) electrons. The van der Waals surface area contributed by atoms with Crippen LogP contribution in [-0.4, -0.2) is 36.5 Å². The van der Waals surface area contributed by atoms with Gasteiger partial charge in [-0.2, -0.15) is 0 Å². The zero-order chi connectivity index (χ0) is 11.7. The molecule has 0 heterocycles. The summed E-state index contributed by atoms with van der Waals surface area (Å²) in [5.74, 6) is 2.24. The van der Waals surface area contributed by atoms with Crippen molar-refractivity contribution >= 4 is 23.6 Å². The number of esters is 1. The van der Waals surface area contributed by atoms with Crippen molar-refractivity contribution < 1.29 is 14.3 Å². The minimum Gasteiger partial charge on any atom is -0.469 e. The Labute approximate surface area is 94.1 Å². The summed E-state index contributed by atoms with van der Waals surface area (Å²) in [5, 5.41) is 2.61. The van der Waals surface area contributed by atoms with Gasteiger partial charge in [-0.1, -0.05) is 12.8 Å². The van der Waals surface area contributed by atoms with E-state index in [4.69, 9.17) is 6.42 Å². The Hall–Kier alpha value is -1.15. The van der Waals surface area contributed by atoms with Crippen molar-refractivity contribution in [3.05, 3.63) is 0 Å². The average molecular weight is 229 g/mol. The van der Waals surface area contributed by atoms with E-state index in [9.17, 15) is 9.59 Å². The van der Waals surface area contributed by atoms with Gasteiger partial charge >= 0.3 is 5.97 Å². The zero-order valence-electron chi connectivity index (χ0n) is 8.91. The lowest BCUT2D eigenvalue weighted by molar-refractivity contribution is -0.140. The molecule has 0 aliphatic carbocycles. The summed E-state index contributed by atoms with van der Waals surface area (Å²) in [6.07, 6.45) is 5.29. The van der Waals surface area contributed by atoms with Gasteiger partial charge in [0.25, 0.3) is 0 Å². The maximum atomic E-state index is 11.1. The number of carbonyl (C=O) groups is 2. The van der Waals surface area contributed by atoms with Gasteiger partial charge in [-0.05, 0) is 0 Å². The zero-order valence-corrected chi connectivity index (χ0v) is 9.73. The quantitative estimate of drug-likeness (QED) is 0.530. The third kappa shape index (κ3) is 7.89. The van der Waals surface area contributed by atoms with E-state index < -0.39 is 0 Å². The summed E-state index contributed by atoms with van der Waals surface area (Å²) in [7, 11) is 1.35. The van der Waals surface area contributed by atoms with Crippen molar-refractivity contribution in [2.45, 2.75) is 18.6 Å². The SMILES string of the molecule is C#CCNC(=O)CSC(C)CC(=O)OC. The lowest BCUT2D eigenvalue weighted by Gasteiger charge is -2.08. The second-order valence-corrected chi connectivity index (χ2v) is 4.31. The maximum absolute atomic E-state index is 11.1. The first-order valence-electron chi connectivity index (χ1n) is 4.48. The first-order valence-corrected chi connectivity index (χ1v) is 5.53. The number of thioether (sulfide) groups is 1. The van der Waals surface area contributed by atoms with Crippen LogP contribution in [-0.2, 0) is 14.3 Å². The molecule has 1 N–H and O–H groups in total. The van der Waals surface area contributed by atoms with Crippen LogP contribution in [0, 0.1) is 12.3 Å². The van der Waals surface area contributed by atoms with E-state index in [0.29, 0.717) is 12.2 Å². The third-order valence-electron chi connectivity index (χ3n) is 1.57. The maximum Gasteiger partial charge on any atom is 0.306 e. The van der Waals surface area contributed by atoms with Crippen LogP contribution in [0.2, 0.25) is 0 Å². The molecule has 0 aliphatic rings. The highest BCUT2D eigenvalue weighted by atomic mass is 32.2. The molecule has 1 atom stereocenters. The molecule has 5 heteroatoms. The Kier molecular flexibility index (Phi) is 7.56. The van der Waals surface area contributed by atoms with Gasteiger partial charge in [-0.3, -0.25) is 9.59 Å². The number of hydrogen-bond acceptors (Lipinski definition) is 4. The van der Waals surface area contributed by atoms with Gasteiger partial charge in [0.1, 0.15) is 0 Å². The van der Waals surface area contributed by atoms with E-state index in [1.165, 1.54) is 18.9 Å². The Morgan fingerprint density at radius 1 is 1.60 bits per heavy atom. The first-order chi connectivity index (χ1) is 7.10. The molecule has 84 valence electrons. The molecule has 1 unspecified atom stereocenters. The fraction of sp³-hybridized carbons (Fsp3) is 0.600. The average Bonchev–Trinajstić information content (AvgIpc) is 2.23. The molecule has 0 aliphatic heterocycles. The molecule has 4 nitrogen and oxygen atoms in total. The monoisotopic (exact) mass is 229 g/mol. The summed E-state index contributed by atoms with van der Waals surface area (Å²) in [6.45, 7) is 2.11. The van der Waals surface area contributed by atoms with E-state index in [-0.39, 0.29) is 23.7 Å². The van der Waals surface area contributed by atoms with E-state index in [0.717, 1.165) is 0 Å². The highest BCUT2D eigenvalue weighted by Gasteiger charge is 2.11. The molecule has 0 spiro atoms. The largest absolute Gasteiger partial charge is 0.469 e. The number of hydrogen-bond donors (Lipinski definition) is 1. The molecule has 0 aromatic carbocycles. The van der Waals surface area contributed by atoms with Crippen LogP contribution in [0.3, 0.4) is 0 Å². The van der Waals surface area contributed by atoms with Gasteiger partial charge < -0.3 is 10.1 Å². The van der Waals surface area contributed by atoms with Crippen molar-refractivity contribution in [3.8, 4) is 12.3 Å². The standard InChI is InChI=1S/C10H15NO3S/c1-4-5-11-9(12)7-15-8(2)6-10(13)14-3/h1,8H,5-7H2,2-3H3,(H,11,12). The Bertz CT molecular complexity index is 260. The van der Waals surface area contributed by atoms with Gasteiger partial charge in [0.05, 0.1) is 25.8 Å². The number of amides is 1. The fourth-order valence-electron chi connectivity index (χ4n) is 0.796. The van der Waals surface area contributed by atoms with Gasteiger partial charge in [-0.25, -0.2) is 0 Å². The Balaban J connectivity index is 3.62. The molecule has 1 amide bonds. The topological polar surface area (TPSA) is 55.4 Å². The molecule has 0 rings (SSSR count). The van der Waals surface area contributed by atoms with Gasteiger partial charge in [0.2, 0.25) is 5.91 Å². The molecule has 0 fully saturated rings. The van der Waals surface area contributed by atoms with Crippen LogP contribution in [0.4, 0.5) is 0 Å². The second-order valence-electron chi connectivity index (χ2n) is 2.88. The lowest BCUT2D eigenvalue weighted by atomic mass is 10.3. The summed E-state index contributed by atoms with van der Waals surface area (Å²) < 4.78 is 4.51. The number of methoxy groups -OCH3 is 1. The third-order valence-corrected chi connectivity index (χ3v) is 2.73. The Morgan fingerprint density at radius 3 is 2.80 bits per heavy atom. The number of ether oxygens (including phenoxy) is 1. The molecular formula is C10H15NO3S. The normalized spacial score (nSPS) is 11.3.